The van der Waals surface area contributed by atoms with Crippen LogP contribution in [0.5, 0.6) is 0 Å². The molecule has 184 valence electrons. The van der Waals surface area contributed by atoms with Gasteiger partial charge in [0.2, 0.25) is 0 Å². The summed E-state index contributed by atoms with van der Waals surface area (Å²) >= 11 is 1.14. The molecule has 2 unspecified atom stereocenters. The van der Waals surface area contributed by atoms with E-state index in [4.69, 9.17) is 23.1 Å². The van der Waals surface area contributed by atoms with Crippen LogP contribution in [0.25, 0.3) is 11.8 Å². The van der Waals surface area contributed by atoms with Crippen LogP contribution in [0.3, 0.4) is 0 Å². The van der Waals surface area contributed by atoms with E-state index in [1.54, 1.807) is 29.7 Å². The molecule has 0 N–H and O–H groups in total. The van der Waals surface area contributed by atoms with Crippen LogP contribution < -0.4 is 0 Å². The van der Waals surface area contributed by atoms with Crippen LogP contribution in [-0.4, -0.2) is 27.6 Å². The average Bonchev–Trinajstić information content (AvgIpc) is 3.69. The van der Waals surface area contributed by atoms with E-state index in [9.17, 15) is 4.79 Å². The molecular weight excluding hydrogens is 478 g/mol. The minimum atomic E-state index is -0.317. The van der Waals surface area contributed by atoms with Crippen molar-refractivity contribution in [3.63, 3.8) is 0 Å². The van der Waals surface area contributed by atoms with Crippen molar-refractivity contribution in [3.8, 4) is 0 Å². The van der Waals surface area contributed by atoms with Gasteiger partial charge < -0.3 is 18.0 Å². The summed E-state index contributed by atoms with van der Waals surface area (Å²) in [5.74, 6) is 2.13. The molecule has 1 aliphatic heterocycles. The molecule has 3 aromatic heterocycles. The standard InChI is InChI=1S/C27H25N3O5S/c1-3-28-27(35-18(2)22-11-6-14-33-22)36-17-24(31)30-26(23-12-7-15-34-23)21-10-4-8-19(25(21)29-30)16-20-9-5-13-32-20/h3,5-7,9,11-16,21,26H,1-2,4,8,10,17H2/b19-16+,28-27+. The normalized spacial score (nSPS) is 20.8. The van der Waals surface area contributed by atoms with Gasteiger partial charge in [-0.05, 0) is 67.3 Å². The fourth-order valence-corrected chi connectivity index (χ4v) is 5.13. The highest BCUT2D eigenvalue weighted by Crippen LogP contribution is 2.44. The number of carbonyl (C=O) groups is 1. The fraction of sp³-hybridized carbons (Fsp3) is 0.222. The summed E-state index contributed by atoms with van der Waals surface area (Å²) in [4.78, 5) is 17.6. The molecular formula is C27H25N3O5S. The van der Waals surface area contributed by atoms with E-state index < -0.39 is 0 Å². The monoisotopic (exact) mass is 503 g/mol. The lowest BCUT2D eigenvalue weighted by Crippen LogP contribution is -2.32. The first kappa shape index (κ1) is 23.7. The zero-order chi connectivity index (χ0) is 24.9. The molecule has 0 radical (unpaired) electrons. The molecule has 1 fully saturated rings. The summed E-state index contributed by atoms with van der Waals surface area (Å²) in [6.45, 7) is 7.50. The van der Waals surface area contributed by atoms with Crippen molar-refractivity contribution in [2.24, 2.45) is 16.0 Å². The van der Waals surface area contributed by atoms with E-state index in [1.165, 1.54) is 12.5 Å². The topological polar surface area (TPSA) is 93.7 Å². The Kier molecular flexibility index (Phi) is 7.08. The molecule has 1 saturated carbocycles. The third-order valence-corrected chi connectivity index (χ3v) is 6.80. The van der Waals surface area contributed by atoms with Crippen LogP contribution in [-0.2, 0) is 9.53 Å². The second kappa shape index (κ2) is 10.7. The molecule has 5 rings (SSSR count). The van der Waals surface area contributed by atoms with Crippen LogP contribution in [0.2, 0.25) is 0 Å². The molecule has 36 heavy (non-hydrogen) atoms. The number of furan rings is 3. The minimum Gasteiger partial charge on any atom is -0.467 e. The lowest BCUT2D eigenvalue weighted by atomic mass is 9.79. The first-order valence-electron chi connectivity index (χ1n) is 11.5. The molecule has 1 aliphatic carbocycles. The van der Waals surface area contributed by atoms with Crippen molar-refractivity contribution in [2.45, 2.75) is 25.3 Å². The van der Waals surface area contributed by atoms with E-state index in [2.05, 4.69) is 18.2 Å². The zero-order valence-electron chi connectivity index (χ0n) is 19.5. The van der Waals surface area contributed by atoms with Gasteiger partial charge in [0.15, 0.2) is 11.5 Å². The van der Waals surface area contributed by atoms with Crippen molar-refractivity contribution in [2.75, 3.05) is 5.75 Å². The van der Waals surface area contributed by atoms with Gasteiger partial charge in [-0.15, -0.1) is 0 Å². The van der Waals surface area contributed by atoms with Crippen molar-refractivity contribution >= 4 is 40.4 Å². The molecule has 0 bridgehead atoms. The summed E-state index contributed by atoms with van der Waals surface area (Å²) in [7, 11) is 0. The van der Waals surface area contributed by atoms with Crippen LogP contribution in [0.15, 0.2) is 103 Å². The number of nitrogens with zero attached hydrogens (tertiary/aromatic N) is 3. The molecule has 0 spiro atoms. The minimum absolute atomic E-state index is 0.0383. The number of allylic oxidation sites excluding steroid dienone is 1. The number of hydrazone groups is 1. The van der Waals surface area contributed by atoms with Gasteiger partial charge in [-0.1, -0.05) is 24.9 Å². The number of ether oxygens (including phenoxy) is 1. The average molecular weight is 504 g/mol. The molecule has 2 atom stereocenters. The molecule has 2 aliphatic rings. The maximum absolute atomic E-state index is 13.5. The smallest absolute Gasteiger partial charge is 0.256 e. The Hall–Kier alpha value is -3.98. The number of fused-ring (bicyclic) bond motifs is 1. The molecule has 1 amide bonds. The van der Waals surface area contributed by atoms with Gasteiger partial charge >= 0.3 is 0 Å². The molecule has 4 heterocycles. The summed E-state index contributed by atoms with van der Waals surface area (Å²) in [5.41, 5.74) is 1.98. The van der Waals surface area contributed by atoms with Crippen LogP contribution >= 0.6 is 11.8 Å². The Morgan fingerprint density at radius 2 is 2.00 bits per heavy atom. The molecule has 9 heteroatoms. The number of hydrogen-bond acceptors (Lipinski definition) is 8. The van der Waals surface area contributed by atoms with Crippen LogP contribution in [0.1, 0.15) is 42.6 Å². The lowest BCUT2D eigenvalue weighted by Gasteiger charge is -2.27. The lowest BCUT2D eigenvalue weighted by molar-refractivity contribution is -0.131. The quantitative estimate of drug-likeness (QED) is 0.207. The Morgan fingerprint density at radius 1 is 1.19 bits per heavy atom. The van der Waals surface area contributed by atoms with E-state index in [0.717, 1.165) is 48.1 Å². The third-order valence-electron chi connectivity index (χ3n) is 5.97. The number of thioether (sulfide) groups is 1. The van der Waals surface area contributed by atoms with Gasteiger partial charge in [0.25, 0.3) is 11.1 Å². The van der Waals surface area contributed by atoms with Gasteiger partial charge in [0.05, 0.1) is 30.3 Å². The first-order chi connectivity index (χ1) is 17.6. The summed E-state index contributed by atoms with van der Waals surface area (Å²) < 4.78 is 22.3. The SMILES string of the molecule is C=C/N=C(\OC(=C)c1ccco1)SCC(=O)N1N=C2/C(=C/c3ccco3)CCCC2C1c1ccco1. The Labute approximate surface area is 212 Å². The Morgan fingerprint density at radius 3 is 2.72 bits per heavy atom. The van der Waals surface area contributed by atoms with Crippen molar-refractivity contribution in [1.29, 1.82) is 0 Å². The van der Waals surface area contributed by atoms with Gasteiger partial charge in [-0.3, -0.25) is 4.79 Å². The molecule has 3 aromatic rings. The highest BCUT2D eigenvalue weighted by atomic mass is 32.2. The van der Waals surface area contributed by atoms with Gasteiger partial charge in [0, 0.05) is 12.1 Å². The van der Waals surface area contributed by atoms with Gasteiger partial charge in [0.1, 0.15) is 17.6 Å². The highest BCUT2D eigenvalue weighted by Gasteiger charge is 2.45. The number of rotatable bonds is 7. The van der Waals surface area contributed by atoms with Crippen LogP contribution in [0.4, 0.5) is 0 Å². The van der Waals surface area contributed by atoms with E-state index in [0.29, 0.717) is 11.5 Å². The molecule has 0 saturated heterocycles. The van der Waals surface area contributed by atoms with E-state index in [1.807, 2.05) is 30.3 Å². The largest absolute Gasteiger partial charge is 0.467 e. The maximum atomic E-state index is 13.5. The first-order valence-corrected chi connectivity index (χ1v) is 12.5. The number of amides is 1. The molecule has 0 aromatic carbocycles. The fourth-order valence-electron chi connectivity index (χ4n) is 4.44. The number of hydrogen-bond donors (Lipinski definition) is 0. The number of carbonyl (C=O) groups excluding carboxylic acids is 1. The van der Waals surface area contributed by atoms with Crippen molar-refractivity contribution in [1.82, 2.24) is 5.01 Å². The zero-order valence-corrected chi connectivity index (χ0v) is 20.4. The second-order valence-corrected chi connectivity index (χ2v) is 9.16. The summed E-state index contributed by atoms with van der Waals surface area (Å²) in [5, 5.41) is 6.59. The Balaban J connectivity index is 1.36. The molecule has 8 nitrogen and oxygen atoms in total. The second-order valence-electron chi connectivity index (χ2n) is 8.24. The Bertz CT molecular complexity index is 1300. The third kappa shape index (κ3) is 5.01. The number of aliphatic imine (C=N–C) groups is 1. The predicted molar refractivity (Wildman–Crippen MR) is 139 cm³/mol. The van der Waals surface area contributed by atoms with Crippen LogP contribution in [0, 0.1) is 5.92 Å². The summed E-state index contributed by atoms with van der Waals surface area (Å²) in [6.07, 6.45) is 10.9. The van der Waals surface area contributed by atoms with Crippen molar-refractivity contribution < 1.29 is 22.8 Å². The maximum Gasteiger partial charge on any atom is 0.256 e. The van der Waals surface area contributed by atoms with E-state index >= 15 is 0 Å². The predicted octanol–water partition coefficient (Wildman–Crippen LogP) is 6.51. The highest BCUT2D eigenvalue weighted by molar-refractivity contribution is 8.14. The van der Waals surface area contributed by atoms with Gasteiger partial charge in [-0.25, -0.2) is 10.0 Å². The summed E-state index contributed by atoms with van der Waals surface area (Å²) in [6, 6.07) is 10.6. The van der Waals surface area contributed by atoms with E-state index in [-0.39, 0.29) is 34.6 Å². The van der Waals surface area contributed by atoms with Crippen molar-refractivity contribution in [3.05, 3.63) is 97.4 Å². The van der Waals surface area contributed by atoms with Gasteiger partial charge in [-0.2, -0.15) is 5.10 Å².